The lowest BCUT2D eigenvalue weighted by Gasteiger charge is -2.43. The normalized spacial score (nSPS) is 27.2. The number of halogens is 6. The van der Waals surface area contributed by atoms with Gasteiger partial charge in [0.2, 0.25) is 0 Å². The highest BCUT2D eigenvalue weighted by Gasteiger charge is 2.67. The van der Waals surface area contributed by atoms with Gasteiger partial charge in [0.1, 0.15) is 6.23 Å². The van der Waals surface area contributed by atoms with Crippen molar-refractivity contribution in [1.29, 1.82) is 0 Å². The summed E-state index contributed by atoms with van der Waals surface area (Å²) in [4.78, 5) is 13.5. The molecule has 0 aliphatic carbocycles. The molecule has 150 valence electrons. The zero-order chi connectivity index (χ0) is 20.6. The first-order valence-electron chi connectivity index (χ1n) is 8.53. The van der Waals surface area contributed by atoms with E-state index in [0.29, 0.717) is 6.07 Å². The second kappa shape index (κ2) is 5.62. The van der Waals surface area contributed by atoms with E-state index in [4.69, 9.17) is 4.74 Å². The predicted octanol–water partition coefficient (Wildman–Crippen LogP) is 5.17. The molecular weight excluding hydrogens is 388 g/mol. The van der Waals surface area contributed by atoms with Crippen molar-refractivity contribution in [1.82, 2.24) is 0 Å². The van der Waals surface area contributed by atoms with Crippen LogP contribution in [-0.2, 0) is 10.3 Å². The molecule has 0 N–H and O–H groups in total. The van der Waals surface area contributed by atoms with Gasteiger partial charge in [0, 0.05) is 29.5 Å². The van der Waals surface area contributed by atoms with Gasteiger partial charge in [-0.25, -0.2) is 0 Å². The van der Waals surface area contributed by atoms with Gasteiger partial charge < -0.3 is 9.64 Å². The van der Waals surface area contributed by atoms with Crippen molar-refractivity contribution in [2.24, 2.45) is 5.92 Å². The van der Waals surface area contributed by atoms with E-state index in [-0.39, 0.29) is 16.5 Å². The fourth-order valence-corrected chi connectivity index (χ4v) is 4.41. The van der Waals surface area contributed by atoms with Crippen LogP contribution in [0.3, 0.4) is 0 Å². The summed E-state index contributed by atoms with van der Waals surface area (Å²) < 4.78 is 87.1. The number of fused-ring (bicyclic) bond motifs is 6. The molecule has 1 fully saturated rings. The third-order valence-electron chi connectivity index (χ3n) is 5.56. The zero-order valence-corrected chi connectivity index (χ0v) is 14.8. The van der Waals surface area contributed by atoms with E-state index in [2.05, 4.69) is 0 Å². The molecule has 3 nitrogen and oxygen atoms in total. The lowest BCUT2D eigenvalue weighted by atomic mass is 9.83. The van der Waals surface area contributed by atoms with E-state index in [1.54, 1.807) is 14.0 Å². The molecule has 0 saturated carbocycles. The molecule has 3 atom stereocenters. The smallest absolute Gasteiger partial charge is 0.348 e. The van der Waals surface area contributed by atoms with Gasteiger partial charge in [-0.05, 0) is 17.9 Å². The monoisotopic (exact) mass is 403 g/mol. The van der Waals surface area contributed by atoms with E-state index in [1.807, 2.05) is 0 Å². The molecule has 0 spiro atoms. The summed E-state index contributed by atoms with van der Waals surface area (Å²) in [6.07, 6.45) is -11.4. The Morgan fingerprint density at radius 2 is 1.75 bits per heavy atom. The van der Waals surface area contributed by atoms with Crippen LogP contribution < -0.4 is 4.90 Å². The Bertz CT molecular complexity index is 983. The number of anilines is 1. The number of ketones is 1. The second-order valence-electron chi connectivity index (χ2n) is 7.32. The van der Waals surface area contributed by atoms with Gasteiger partial charge in [0.15, 0.2) is 5.60 Å². The zero-order valence-electron chi connectivity index (χ0n) is 14.8. The first-order chi connectivity index (χ1) is 12.9. The maximum atomic E-state index is 14.1. The average Bonchev–Trinajstić information content (AvgIpc) is 2.92. The molecule has 0 radical (unpaired) electrons. The van der Waals surface area contributed by atoms with E-state index in [0.717, 1.165) is 0 Å². The van der Waals surface area contributed by atoms with Crippen LogP contribution >= 0.6 is 0 Å². The number of hydrogen-bond acceptors (Lipinski definition) is 3. The molecule has 1 saturated heterocycles. The number of alkyl halides is 6. The molecular formula is C19H15F6NO2. The Morgan fingerprint density at radius 3 is 2.32 bits per heavy atom. The summed E-state index contributed by atoms with van der Waals surface area (Å²) in [5.41, 5.74) is -3.86. The van der Waals surface area contributed by atoms with E-state index in [1.165, 1.54) is 29.2 Å². The van der Waals surface area contributed by atoms with Crippen molar-refractivity contribution >= 4 is 22.2 Å². The van der Waals surface area contributed by atoms with E-state index < -0.39 is 53.4 Å². The summed E-state index contributed by atoms with van der Waals surface area (Å²) in [5, 5.41) is 0.118. The predicted molar refractivity (Wildman–Crippen MR) is 89.1 cm³/mol. The van der Waals surface area contributed by atoms with Crippen molar-refractivity contribution in [3.8, 4) is 0 Å². The van der Waals surface area contributed by atoms with Crippen molar-refractivity contribution in [3.05, 3.63) is 41.5 Å². The molecule has 0 amide bonds. The molecule has 0 aromatic heterocycles. The minimum Gasteiger partial charge on any atom is -0.348 e. The minimum absolute atomic E-state index is 0.0401. The fraction of sp³-hybridized carbons (Fsp3) is 0.421. The lowest BCUT2D eigenvalue weighted by Crippen LogP contribution is -2.49. The van der Waals surface area contributed by atoms with Crippen molar-refractivity contribution in [2.45, 2.75) is 37.5 Å². The molecule has 2 bridgehead atoms. The Balaban J connectivity index is 2.12. The maximum absolute atomic E-state index is 14.1. The number of rotatable bonds is 1. The first-order valence-corrected chi connectivity index (χ1v) is 8.53. The Hall–Kier alpha value is -2.29. The molecule has 2 aliphatic rings. The molecule has 2 heterocycles. The molecule has 4 rings (SSSR count). The SMILES string of the molecule is CC1C[C@@]2(C(F)(F)F)O[C@@H]1N(C)c1c2cc(C(=O)C(F)(F)F)c2ccccc12. The lowest BCUT2D eigenvalue weighted by molar-refractivity contribution is -0.280. The summed E-state index contributed by atoms with van der Waals surface area (Å²) >= 11 is 0. The Labute approximate surface area is 155 Å². The summed E-state index contributed by atoms with van der Waals surface area (Å²) in [6.45, 7) is 1.60. The summed E-state index contributed by atoms with van der Waals surface area (Å²) in [6, 6.07) is 6.41. The van der Waals surface area contributed by atoms with Gasteiger partial charge in [-0.3, -0.25) is 4.79 Å². The van der Waals surface area contributed by atoms with Crippen molar-refractivity contribution in [3.63, 3.8) is 0 Å². The standard InChI is InChI=1S/C19H15F6NO2/c1-9-8-17(19(23,24)25)13-7-12(15(27)18(20,21)22)10-5-3-4-6-11(10)14(13)26(2)16(9)28-17/h3-7,9,16H,8H2,1-2H3/t9?,16-,17+/m0/s1. The number of Topliss-reactive ketones (excluding diaryl/α,β-unsaturated/α-hetero) is 1. The van der Waals surface area contributed by atoms with E-state index in [9.17, 15) is 31.1 Å². The number of benzene rings is 2. The summed E-state index contributed by atoms with van der Waals surface area (Å²) in [5.74, 6) is -2.70. The largest absolute Gasteiger partial charge is 0.454 e. The molecule has 2 aromatic carbocycles. The van der Waals surface area contributed by atoms with Crippen LogP contribution in [0.1, 0.15) is 29.3 Å². The fourth-order valence-electron chi connectivity index (χ4n) is 4.41. The van der Waals surface area contributed by atoms with Gasteiger partial charge in [-0.15, -0.1) is 0 Å². The molecule has 2 aromatic rings. The van der Waals surface area contributed by atoms with Crippen LogP contribution in [0.15, 0.2) is 30.3 Å². The summed E-state index contributed by atoms with van der Waals surface area (Å²) in [7, 11) is 1.54. The van der Waals surface area contributed by atoms with Crippen molar-refractivity contribution < 1.29 is 35.9 Å². The molecule has 1 unspecified atom stereocenters. The minimum atomic E-state index is -5.21. The third-order valence-corrected chi connectivity index (χ3v) is 5.56. The third kappa shape index (κ3) is 2.38. The van der Waals surface area contributed by atoms with Crippen LogP contribution in [0, 0.1) is 5.92 Å². The van der Waals surface area contributed by atoms with Crippen LogP contribution in [0.25, 0.3) is 10.8 Å². The Kier molecular flexibility index (Phi) is 3.82. The number of carbonyl (C=O) groups excluding carboxylic acids is 1. The van der Waals surface area contributed by atoms with Gasteiger partial charge >= 0.3 is 12.4 Å². The van der Waals surface area contributed by atoms with E-state index >= 15 is 0 Å². The topological polar surface area (TPSA) is 29.5 Å². The molecule has 9 heteroatoms. The maximum Gasteiger partial charge on any atom is 0.454 e. The van der Waals surface area contributed by atoms with Gasteiger partial charge in [0.25, 0.3) is 5.78 Å². The van der Waals surface area contributed by atoms with Gasteiger partial charge in [-0.2, -0.15) is 26.3 Å². The number of hydrogen-bond donors (Lipinski definition) is 0. The van der Waals surface area contributed by atoms with Gasteiger partial charge in [0.05, 0.1) is 5.69 Å². The number of ether oxygens (including phenoxy) is 1. The Morgan fingerprint density at radius 1 is 1.14 bits per heavy atom. The quantitative estimate of drug-likeness (QED) is 0.486. The van der Waals surface area contributed by atoms with Crippen LogP contribution in [0.2, 0.25) is 0 Å². The van der Waals surface area contributed by atoms with Crippen LogP contribution in [0.4, 0.5) is 32.0 Å². The molecule has 28 heavy (non-hydrogen) atoms. The van der Waals surface area contributed by atoms with Crippen LogP contribution in [-0.4, -0.2) is 31.4 Å². The van der Waals surface area contributed by atoms with Gasteiger partial charge in [-0.1, -0.05) is 31.2 Å². The second-order valence-corrected chi connectivity index (χ2v) is 7.32. The number of carbonyl (C=O) groups is 1. The highest BCUT2D eigenvalue weighted by Crippen LogP contribution is 2.60. The highest BCUT2D eigenvalue weighted by atomic mass is 19.4. The average molecular weight is 403 g/mol. The first kappa shape index (κ1) is 19.0. The number of nitrogens with zero attached hydrogens (tertiary/aromatic N) is 1. The van der Waals surface area contributed by atoms with Crippen molar-refractivity contribution in [2.75, 3.05) is 11.9 Å². The van der Waals surface area contributed by atoms with Crippen LogP contribution in [0.5, 0.6) is 0 Å². The highest BCUT2D eigenvalue weighted by molar-refractivity contribution is 6.14. The molecule has 2 aliphatic heterocycles.